The summed E-state index contributed by atoms with van der Waals surface area (Å²) in [5.41, 5.74) is 0.377. The fourth-order valence-electron chi connectivity index (χ4n) is 4.79. The van der Waals surface area contributed by atoms with Crippen LogP contribution in [0.5, 0.6) is 0 Å². The van der Waals surface area contributed by atoms with E-state index in [4.69, 9.17) is 4.74 Å². The van der Waals surface area contributed by atoms with Crippen LogP contribution in [0.1, 0.15) is 53.9 Å². The number of hydrogen-bond donors (Lipinski definition) is 0. The van der Waals surface area contributed by atoms with Crippen molar-refractivity contribution in [2.24, 2.45) is 17.8 Å². The average molecular weight is 416 g/mol. The van der Waals surface area contributed by atoms with Crippen LogP contribution in [0.3, 0.4) is 0 Å². The molecule has 1 spiro atoms. The first-order valence-corrected chi connectivity index (χ1v) is 12.1. The second-order valence-electron chi connectivity index (χ2n) is 9.39. The summed E-state index contributed by atoms with van der Waals surface area (Å²) in [5.74, 6) is 15.0. The lowest BCUT2D eigenvalue weighted by Crippen LogP contribution is -2.39. The van der Waals surface area contributed by atoms with Crippen molar-refractivity contribution in [2.45, 2.75) is 59.4 Å². The summed E-state index contributed by atoms with van der Waals surface area (Å²) in [5, 5.41) is 0. The normalized spacial score (nSPS) is 27.4. The summed E-state index contributed by atoms with van der Waals surface area (Å²) < 4.78 is 5.64. The Kier molecular flexibility index (Phi) is 10.7. The van der Waals surface area contributed by atoms with E-state index in [-0.39, 0.29) is 0 Å². The molecule has 2 unspecified atom stereocenters. The molecule has 0 N–H and O–H groups in total. The minimum Gasteiger partial charge on any atom is -0.379 e. The third-order valence-corrected chi connectivity index (χ3v) is 6.47. The van der Waals surface area contributed by atoms with Crippen molar-refractivity contribution in [3.63, 3.8) is 0 Å². The van der Waals surface area contributed by atoms with Crippen LogP contribution in [0, 0.1) is 41.4 Å². The molecule has 0 aromatic rings. The van der Waals surface area contributed by atoms with E-state index in [0.29, 0.717) is 11.5 Å². The summed E-state index contributed by atoms with van der Waals surface area (Å²) in [6.07, 6.45) is 3.76. The van der Waals surface area contributed by atoms with Gasteiger partial charge in [0.05, 0.1) is 19.7 Å². The molecule has 1 saturated carbocycles. The van der Waals surface area contributed by atoms with Gasteiger partial charge in [-0.15, -0.1) is 5.92 Å². The largest absolute Gasteiger partial charge is 0.379 e. The second-order valence-corrected chi connectivity index (χ2v) is 9.39. The molecule has 0 aromatic carbocycles. The third kappa shape index (κ3) is 7.58. The molecule has 4 heteroatoms. The maximum absolute atomic E-state index is 5.64. The highest BCUT2D eigenvalue weighted by Crippen LogP contribution is 2.42. The summed E-state index contributed by atoms with van der Waals surface area (Å²) in [6.45, 7) is 20.3. The van der Waals surface area contributed by atoms with Crippen molar-refractivity contribution in [3.8, 4) is 23.7 Å². The van der Waals surface area contributed by atoms with Crippen LogP contribution in [0.15, 0.2) is 0 Å². The van der Waals surface area contributed by atoms with Gasteiger partial charge < -0.3 is 9.64 Å². The molecule has 0 amide bonds. The Morgan fingerprint density at radius 1 is 1.00 bits per heavy atom. The molecule has 30 heavy (non-hydrogen) atoms. The standard InChI is InChI=1S/C13H21NO.C11H18N2.C2H6/c1-12(2)5-3-8-14-9-4-10-15-11-13(14)6-7-13;1-3-4-5-13-8-10-6-12(2)7-11(10)9-13;1-2/h12H,4,6-11H2,1-2H3;10-11H,5-9H2,1-2H3;1-2H3. The Morgan fingerprint density at radius 3 is 2.23 bits per heavy atom. The van der Waals surface area contributed by atoms with Crippen LogP contribution in [0.2, 0.25) is 0 Å². The van der Waals surface area contributed by atoms with Crippen molar-refractivity contribution in [3.05, 3.63) is 0 Å². The van der Waals surface area contributed by atoms with E-state index >= 15 is 0 Å². The molecule has 0 aromatic heterocycles. The molecule has 0 bridgehead atoms. The van der Waals surface area contributed by atoms with Gasteiger partial charge in [-0.05, 0) is 45.1 Å². The molecule has 4 fully saturated rings. The lowest BCUT2D eigenvalue weighted by Gasteiger charge is -2.26. The van der Waals surface area contributed by atoms with Gasteiger partial charge in [0.15, 0.2) is 0 Å². The zero-order chi connectivity index (χ0) is 22.0. The molecule has 170 valence electrons. The quantitative estimate of drug-likeness (QED) is 0.643. The number of hydrogen-bond acceptors (Lipinski definition) is 4. The maximum atomic E-state index is 5.64. The Balaban J connectivity index is 0.000000199. The predicted molar refractivity (Wildman–Crippen MR) is 127 cm³/mol. The van der Waals surface area contributed by atoms with E-state index in [1.54, 1.807) is 0 Å². The van der Waals surface area contributed by atoms with Crippen LogP contribution in [-0.4, -0.2) is 86.3 Å². The molecule has 4 aliphatic rings. The maximum Gasteiger partial charge on any atom is 0.0650 e. The highest BCUT2D eigenvalue weighted by atomic mass is 16.5. The van der Waals surface area contributed by atoms with Crippen molar-refractivity contribution in [1.82, 2.24) is 14.7 Å². The van der Waals surface area contributed by atoms with E-state index in [1.807, 2.05) is 20.8 Å². The van der Waals surface area contributed by atoms with Gasteiger partial charge in [0.25, 0.3) is 0 Å². The molecule has 4 nitrogen and oxygen atoms in total. The smallest absolute Gasteiger partial charge is 0.0650 e. The van der Waals surface area contributed by atoms with E-state index < -0.39 is 0 Å². The van der Waals surface area contributed by atoms with Crippen LogP contribution < -0.4 is 0 Å². The highest BCUT2D eigenvalue weighted by molar-refractivity contribution is 5.10. The van der Waals surface area contributed by atoms with Crippen LogP contribution in [-0.2, 0) is 4.74 Å². The van der Waals surface area contributed by atoms with Gasteiger partial charge in [0.2, 0.25) is 0 Å². The van der Waals surface area contributed by atoms with Crippen LogP contribution >= 0.6 is 0 Å². The molecule has 3 heterocycles. The minimum absolute atomic E-state index is 0.377. The fraction of sp³-hybridized carbons (Fsp3) is 0.846. The van der Waals surface area contributed by atoms with Crippen molar-refractivity contribution < 1.29 is 4.74 Å². The van der Waals surface area contributed by atoms with Gasteiger partial charge >= 0.3 is 0 Å². The first kappa shape index (κ1) is 25.2. The first-order chi connectivity index (χ1) is 14.5. The van der Waals surface area contributed by atoms with E-state index in [0.717, 1.165) is 51.1 Å². The van der Waals surface area contributed by atoms with Crippen molar-refractivity contribution in [2.75, 3.05) is 66.1 Å². The van der Waals surface area contributed by atoms with Crippen molar-refractivity contribution >= 4 is 0 Å². The molecule has 3 aliphatic heterocycles. The number of ether oxygens (including phenoxy) is 1. The zero-order valence-electron chi connectivity index (χ0n) is 20.5. The lowest BCUT2D eigenvalue weighted by atomic mass is 10.0. The van der Waals surface area contributed by atoms with Gasteiger partial charge in [0.1, 0.15) is 0 Å². The third-order valence-electron chi connectivity index (χ3n) is 6.47. The number of likely N-dealkylation sites (tertiary alicyclic amines) is 2. The molecular weight excluding hydrogens is 370 g/mol. The fourth-order valence-corrected chi connectivity index (χ4v) is 4.79. The predicted octanol–water partition coefficient (Wildman–Crippen LogP) is 3.43. The number of nitrogens with zero attached hydrogens (tertiary/aromatic N) is 3. The monoisotopic (exact) mass is 415 g/mol. The molecule has 2 atom stereocenters. The second kappa shape index (κ2) is 12.7. The van der Waals surface area contributed by atoms with Crippen molar-refractivity contribution in [1.29, 1.82) is 0 Å². The lowest BCUT2D eigenvalue weighted by molar-refractivity contribution is 0.0932. The summed E-state index contributed by atoms with van der Waals surface area (Å²) >= 11 is 0. The zero-order valence-corrected chi connectivity index (χ0v) is 20.5. The van der Waals surface area contributed by atoms with Crippen LogP contribution in [0.4, 0.5) is 0 Å². The Hall–Kier alpha value is -1.04. The molecule has 4 rings (SSSR count). The molecular formula is C26H45N3O. The Labute approximate surface area is 186 Å². The highest BCUT2D eigenvalue weighted by Gasteiger charge is 2.48. The van der Waals surface area contributed by atoms with E-state index in [9.17, 15) is 0 Å². The van der Waals surface area contributed by atoms with Gasteiger partial charge in [-0.2, -0.15) is 0 Å². The van der Waals surface area contributed by atoms with Crippen LogP contribution in [0.25, 0.3) is 0 Å². The van der Waals surface area contributed by atoms with E-state index in [2.05, 4.69) is 59.3 Å². The topological polar surface area (TPSA) is 19.0 Å². The Bertz CT molecular complexity index is 606. The summed E-state index contributed by atoms with van der Waals surface area (Å²) in [4.78, 5) is 7.49. The SMILES string of the molecule is CC.CC#CCN1CC2CN(C)CC2C1.CC(C)C#CCN1CCCOCC12CC2. The number of fused-ring (bicyclic) bond motifs is 1. The van der Waals surface area contributed by atoms with Gasteiger partial charge in [-0.1, -0.05) is 45.5 Å². The summed E-state index contributed by atoms with van der Waals surface area (Å²) in [7, 11) is 2.23. The average Bonchev–Trinajstić information content (AvgIpc) is 3.36. The molecule has 0 radical (unpaired) electrons. The number of rotatable bonds is 2. The summed E-state index contributed by atoms with van der Waals surface area (Å²) in [6, 6.07) is 0. The minimum atomic E-state index is 0.377. The van der Waals surface area contributed by atoms with Gasteiger partial charge in [-0.3, -0.25) is 9.80 Å². The Morgan fingerprint density at radius 2 is 1.67 bits per heavy atom. The van der Waals surface area contributed by atoms with E-state index in [1.165, 1.54) is 39.0 Å². The van der Waals surface area contributed by atoms with Gasteiger partial charge in [-0.25, -0.2) is 0 Å². The first-order valence-electron chi connectivity index (χ1n) is 12.1. The molecule has 1 aliphatic carbocycles. The van der Waals surface area contributed by atoms with Gasteiger partial charge in [0, 0.05) is 50.8 Å². The molecule has 3 saturated heterocycles.